The molecule has 0 spiro atoms. The summed E-state index contributed by atoms with van der Waals surface area (Å²) in [6, 6.07) is 3.00. The molecule has 1 amide bonds. The molecule has 2 rings (SSSR count). The number of nitrogens with one attached hydrogen (secondary N) is 1. The van der Waals surface area contributed by atoms with E-state index in [-0.39, 0.29) is 11.3 Å². The van der Waals surface area contributed by atoms with Crippen molar-refractivity contribution in [2.75, 3.05) is 19.5 Å². The smallest absolute Gasteiger partial charge is 0.297 e. The molecule has 2 aromatic rings. The second kappa shape index (κ2) is 6.92. The van der Waals surface area contributed by atoms with Crippen molar-refractivity contribution in [3.8, 4) is 11.5 Å². The highest BCUT2D eigenvalue weighted by atomic mass is 35.5. The van der Waals surface area contributed by atoms with E-state index in [2.05, 4.69) is 10.4 Å². The van der Waals surface area contributed by atoms with Gasteiger partial charge in [0.15, 0.2) is 0 Å². The topological polar surface area (TPSA) is 82.5 Å². The number of carbonyl (C=O) groups excluding carboxylic acids is 2. The predicted octanol–water partition coefficient (Wildman–Crippen LogP) is 2.53. The fourth-order valence-electron chi connectivity index (χ4n) is 2.35. The Labute approximate surface area is 144 Å². The second-order valence-corrected chi connectivity index (χ2v) is 5.55. The Morgan fingerprint density at radius 2 is 1.79 bits per heavy atom. The Hall–Kier alpha value is -2.54. The summed E-state index contributed by atoms with van der Waals surface area (Å²) in [7, 11) is 4.60. The van der Waals surface area contributed by atoms with Crippen molar-refractivity contribution in [1.29, 1.82) is 0 Å². The summed E-state index contributed by atoms with van der Waals surface area (Å²) in [6.45, 7) is 3.41. The molecule has 0 aliphatic heterocycles. The zero-order valence-electron chi connectivity index (χ0n) is 14.1. The summed E-state index contributed by atoms with van der Waals surface area (Å²) in [5.41, 5.74) is 1.69. The van der Waals surface area contributed by atoms with Gasteiger partial charge in [-0.25, -0.2) is 0 Å². The van der Waals surface area contributed by atoms with E-state index in [1.165, 1.54) is 26.4 Å². The van der Waals surface area contributed by atoms with Gasteiger partial charge in [-0.3, -0.25) is 14.3 Å². The van der Waals surface area contributed by atoms with E-state index in [1.54, 1.807) is 25.6 Å². The minimum atomic E-state index is -0.795. The average molecular weight is 352 g/mol. The van der Waals surface area contributed by atoms with Crippen molar-refractivity contribution in [3.63, 3.8) is 0 Å². The van der Waals surface area contributed by atoms with Gasteiger partial charge in [0, 0.05) is 24.9 Å². The van der Waals surface area contributed by atoms with Crippen LogP contribution in [0.15, 0.2) is 12.1 Å². The first-order chi connectivity index (χ1) is 11.3. The molecule has 0 fully saturated rings. The first-order valence-corrected chi connectivity index (χ1v) is 7.45. The van der Waals surface area contributed by atoms with Crippen LogP contribution in [0.3, 0.4) is 0 Å². The van der Waals surface area contributed by atoms with Crippen molar-refractivity contribution < 1.29 is 19.1 Å². The zero-order valence-corrected chi connectivity index (χ0v) is 14.8. The molecular weight excluding hydrogens is 334 g/mol. The van der Waals surface area contributed by atoms with Gasteiger partial charge in [-0.1, -0.05) is 11.6 Å². The summed E-state index contributed by atoms with van der Waals surface area (Å²) in [5, 5.41) is 7.01. The SMILES string of the molecule is COc1cc(NC(=O)C(=O)c2c(C)nn(C)c2C)c(OC)cc1Cl. The molecule has 0 saturated carbocycles. The number of ketones is 1. The molecule has 1 aromatic carbocycles. The Bertz CT molecular complexity index is 814. The molecule has 1 heterocycles. The van der Waals surface area contributed by atoms with Crippen LogP contribution >= 0.6 is 11.6 Å². The molecule has 0 aliphatic rings. The molecule has 8 heteroatoms. The standard InChI is InChI=1S/C16H18ClN3O4/c1-8-14(9(2)20(3)19-8)15(21)16(22)18-11-7-12(23-4)10(17)6-13(11)24-5/h6-7H,1-5H3,(H,18,22). The largest absolute Gasteiger partial charge is 0.495 e. The Morgan fingerprint density at radius 1 is 1.17 bits per heavy atom. The highest BCUT2D eigenvalue weighted by molar-refractivity contribution is 6.47. The predicted molar refractivity (Wildman–Crippen MR) is 90.2 cm³/mol. The van der Waals surface area contributed by atoms with Crippen LogP contribution in [-0.4, -0.2) is 35.7 Å². The molecule has 0 atom stereocenters. The maximum absolute atomic E-state index is 12.5. The molecule has 0 radical (unpaired) electrons. The number of hydrogen-bond donors (Lipinski definition) is 1. The van der Waals surface area contributed by atoms with Crippen molar-refractivity contribution in [2.45, 2.75) is 13.8 Å². The number of Topliss-reactive ketones (excluding diaryl/α,β-unsaturated/α-hetero) is 1. The third-order valence-corrected chi connectivity index (χ3v) is 3.96. The third-order valence-electron chi connectivity index (χ3n) is 3.66. The van der Waals surface area contributed by atoms with Gasteiger partial charge in [-0.05, 0) is 13.8 Å². The number of nitrogens with zero attached hydrogens (tertiary/aromatic N) is 2. The lowest BCUT2D eigenvalue weighted by Gasteiger charge is -2.12. The van der Waals surface area contributed by atoms with Gasteiger partial charge in [0.25, 0.3) is 11.7 Å². The minimum absolute atomic E-state index is 0.287. The first kappa shape index (κ1) is 17.8. The summed E-state index contributed by atoms with van der Waals surface area (Å²) in [4.78, 5) is 24.8. The summed E-state index contributed by atoms with van der Waals surface area (Å²) in [5.74, 6) is -0.790. The van der Waals surface area contributed by atoms with E-state index in [9.17, 15) is 9.59 Å². The molecule has 0 unspecified atom stereocenters. The van der Waals surface area contributed by atoms with E-state index < -0.39 is 11.7 Å². The number of benzene rings is 1. The molecule has 1 aromatic heterocycles. The number of aromatic nitrogens is 2. The maximum atomic E-state index is 12.5. The first-order valence-electron chi connectivity index (χ1n) is 7.07. The van der Waals surface area contributed by atoms with Gasteiger partial charge >= 0.3 is 0 Å². The lowest BCUT2D eigenvalue weighted by atomic mass is 10.1. The van der Waals surface area contributed by atoms with Gasteiger partial charge in [0.1, 0.15) is 11.5 Å². The number of aryl methyl sites for hydroxylation is 2. The Kier molecular flexibility index (Phi) is 5.14. The van der Waals surface area contributed by atoms with E-state index >= 15 is 0 Å². The third kappa shape index (κ3) is 3.21. The van der Waals surface area contributed by atoms with Crippen LogP contribution in [0.25, 0.3) is 0 Å². The number of amides is 1. The lowest BCUT2D eigenvalue weighted by molar-refractivity contribution is -0.112. The van der Waals surface area contributed by atoms with E-state index in [0.717, 1.165) is 0 Å². The summed E-state index contributed by atoms with van der Waals surface area (Å²) in [6.07, 6.45) is 0. The van der Waals surface area contributed by atoms with Gasteiger partial charge in [-0.2, -0.15) is 5.10 Å². The summed E-state index contributed by atoms with van der Waals surface area (Å²) >= 11 is 6.02. The monoisotopic (exact) mass is 351 g/mol. The fraction of sp³-hybridized carbons (Fsp3) is 0.312. The molecule has 128 valence electrons. The van der Waals surface area contributed by atoms with Crippen LogP contribution in [-0.2, 0) is 11.8 Å². The van der Waals surface area contributed by atoms with Crippen molar-refractivity contribution in [1.82, 2.24) is 9.78 Å². The van der Waals surface area contributed by atoms with Crippen LogP contribution in [0.4, 0.5) is 5.69 Å². The second-order valence-electron chi connectivity index (χ2n) is 5.14. The molecule has 0 saturated heterocycles. The van der Waals surface area contributed by atoms with Crippen molar-refractivity contribution in [3.05, 3.63) is 34.1 Å². The van der Waals surface area contributed by atoms with Gasteiger partial charge < -0.3 is 14.8 Å². The summed E-state index contributed by atoms with van der Waals surface area (Å²) < 4.78 is 11.9. The Morgan fingerprint density at radius 3 is 2.29 bits per heavy atom. The number of ether oxygens (including phenoxy) is 2. The van der Waals surface area contributed by atoms with Crippen LogP contribution < -0.4 is 14.8 Å². The molecule has 24 heavy (non-hydrogen) atoms. The van der Waals surface area contributed by atoms with Crippen LogP contribution in [0.5, 0.6) is 11.5 Å². The molecule has 0 bridgehead atoms. The highest BCUT2D eigenvalue weighted by Crippen LogP contribution is 2.35. The van der Waals surface area contributed by atoms with Crippen LogP contribution in [0, 0.1) is 13.8 Å². The molecular formula is C16H18ClN3O4. The number of methoxy groups -OCH3 is 2. The molecule has 1 N–H and O–H groups in total. The maximum Gasteiger partial charge on any atom is 0.297 e. The van der Waals surface area contributed by atoms with E-state index in [4.69, 9.17) is 21.1 Å². The molecule has 7 nitrogen and oxygen atoms in total. The van der Waals surface area contributed by atoms with Crippen molar-refractivity contribution in [2.24, 2.45) is 7.05 Å². The lowest BCUT2D eigenvalue weighted by Crippen LogP contribution is -2.24. The number of carbonyl (C=O) groups is 2. The van der Waals surface area contributed by atoms with Crippen molar-refractivity contribution >= 4 is 29.0 Å². The normalized spacial score (nSPS) is 10.4. The minimum Gasteiger partial charge on any atom is -0.495 e. The highest BCUT2D eigenvalue weighted by Gasteiger charge is 2.25. The number of rotatable bonds is 5. The van der Waals surface area contributed by atoms with Crippen LogP contribution in [0.2, 0.25) is 5.02 Å². The van der Waals surface area contributed by atoms with E-state index in [1.807, 2.05) is 0 Å². The fourth-order valence-corrected chi connectivity index (χ4v) is 2.58. The van der Waals surface area contributed by atoms with E-state index in [0.29, 0.717) is 27.9 Å². The Balaban J connectivity index is 2.34. The number of anilines is 1. The quantitative estimate of drug-likeness (QED) is 0.661. The number of hydrogen-bond acceptors (Lipinski definition) is 5. The average Bonchev–Trinajstić information content (AvgIpc) is 2.80. The molecule has 0 aliphatic carbocycles. The number of halogens is 1. The van der Waals surface area contributed by atoms with Gasteiger partial charge in [0.2, 0.25) is 0 Å². The van der Waals surface area contributed by atoms with Gasteiger partial charge in [-0.15, -0.1) is 0 Å². The van der Waals surface area contributed by atoms with Gasteiger partial charge in [0.05, 0.1) is 36.2 Å². The van der Waals surface area contributed by atoms with Crippen LogP contribution in [0.1, 0.15) is 21.7 Å². The zero-order chi connectivity index (χ0) is 18.0.